The topological polar surface area (TPSA) is 75.7 Å². The second kappa shape index (κ2) is 9.43. The summed E-state index contributed by atoms with van der Waals surface area (Å²) in [6.07, 6.45) is 0. The minimum Gasteiger partial charge on any atom is -0.497 e. The fourth-order valence-electron chi connectivity index (χ4n) is 3.43. The third-order valence-corrected chi connectivity index (χ3v) is 8.65. The van der Waals surface area contributed by atoms with Gasteiger partial charge in [0, 0.05) is 22.3 Å². The van der Waals surface area contributed by atoms with Crippen LogP contribution in [0.5, 0.6) is 5.75 Å². The summed E-state index contributed by atoms with van der Waals surface area (Å²) in [6.45, 7) is 2.07. The molecular formula is C24H21ClN2O4S2. The zero-order valence-corrected chi connectivity index (χ0v) is 20.3. The van der Waals surface area contributed by atoms with E-state index in [0.717, 1.165) is 10.1 Å². The molecule has 4 rings (SSSR count). The van der Waals surface area contributed by atoms with E-state index in [1.54, 1.807) is 56.5 Å². The maximum Gasteiger partial charge on any atom is 0.267 e. The zero-order valence-electron chi connectivity index (χ0n) is 17.9. The molecular weight excluding hydrogens is 480 g/mol. The van der Waals surface area contributed by atoms with E-state index in [4.69, 9.17) is 16.3 Å². The summed E-state index contributed by atoms with van der Waals surface area (Å²) in [5.74, 6) is 0.316. The Balaban J connectivity index is 1.56. The average molecular weight is 501 g/mol. The number of ether oxygens (including phenoxy) is 1. The van der Waals surface area contributed by atoms with Gasteiger partial charge in [-0.15, -0.1) is 11.3 Å². The monoisotopic (exact) mass is 500 g/mol. The Labute approximate surface area is 201 Å². The van der Waals surface area contributed by atoms with Crippen molar-refractivity contribution in [1.82, 2.24) is 0 Å². The highest BCUT2D eigenvalue weighted by atomic mass is 35.5. The molecule has 1 aromatic heterocycles. The minimum atomic E-state index is -3.74. The van der Waals surface area contributed by atoms with Gasteiger partial charge in [-0.2, -0.15) is 0 Å². The van der Waals surface area contributed by atoms with Crippen molar-refractivity contribution in [1.29, 1.82) is 0 Å². The number of rotatable bonds is 7. The first-order valence-corrected chi connectivity index (χ1v) is 12.7. The number of benzene rings is 3. The number of carbonyl (C=O) groups is 1. The van der Waals surface area contributed by atoms with E-state index in [1.807, 2.05) is 18.2 Å². The number of carbonyl (C=O) groups excluding carboxylic acids is 1. The molecule has 0 spiro atoms. The second-order valence-corrected chi connectivity index (χ2v) is 10.4. The fraction of sp³-hybridized carbons (Fsp3) is 0.125. The van der Waals surface area contributed by atoms with Crippen molar-refractivity contribution in [2.45, 2.75) is 11.8 Å². The van der Waals surface area contributed by atoms with Crippen molar-refractivity contribution in [3.8, 4) is 5.75 Å². The van der Waals surface area contributed by atoms with E-state index in [9.17, 15) is 13.2 Å². The van der Waals surface area contributed by atoms with Crippen molar-refractivity contribution in [2.75, 3.05) is 23.3 Å². The highest BCUT2D eigenvalue weighted by molar-refractivity contribution is 7.92. The summed E-state index contributed by atoms with van der Waals surface area (Å²) in [7, 11) is -2.17. The highest BCUT2D eigenvalue weighted by Crippen LogP contribution is 2.37. The maximum absolute atomic E-state index is 13.1. The Kier molecular flexibility index (Phi) is 6.60. The molecule has 4 aromatic rings. The molecule has 0 aliphatic rings. The SMILES string of the molecule is CCN(c1ccccc1)S(=O)(=O)c1ccc(NC(=O)c2sc3cc(OC)ccc3c2Cl)cc1. The third kappa shape index (κ3) is 4.55. The van der Waals surface area contributed by atoms with Gasteiger partial charge in [-0.3, -0.25) is 9.10 Å². The normalized spacial score (nSPS) is 11.4. The molecule has 0 unspecified atom stereocenters. The van der Waals surface area contributed by atoms with Crippen LogP contribution in [0.1, 0.15) is 16.6 Å². The largest absolute Gasteiger partial charge is 0.497 e. The molecule has 1 heterocycles. The van der Waals surface area contributed by atoms with Gasteiger partial charge in [0.2, 0.25) is 0 Å². The molecule has 33 heavy (non-hydrogen) atoms. The van der Waals surface area contributed by atoms with Gasteiger partial charge in [-0.25, -0.2) is 8.42 Å². The van der Waals surface area contributed by atoms with E-state index in [-0.39, 0.29) is 10.8 Å². The summed E-state index contributed by atoms with van der Waals surface area (Å²) in [5.41, 5.74) is 1.06. The van der Waals surface area contributed by atoms with Gasteiger partial charge in [0.05, 0.1) is 22.7 Å². The number of anilines is 2. The smallest absolute Gasteiger partial charge is 0.267 e. The summed E-state index contributed by atoms with van der Waals surface area (Å²) in [4.78, 5) is 13.3. The molecule has 0 bridgehead atoms. The van der Waals surface area contributed by atoms with Gasteiger partial charge >= 0.3 is 0 Å². The number of amides is 1. The van der Waals surface area contributed by atoms with E-state index < -0.39 is 10.0 Å². The molecule has 0 aliphatic heterocycles. The van der Waals surface area contributed by atoms with Crippen molar-refractivity contribution in [3.63, 3.8) is 0 Å². The van der Waals surface area contributed by atoms with Gasteiger partial charge in [0.25, 0.3) is 15.9 Å². The van der Waals surface area contributed by atoms with Crippen LogP contribution in [0, 0.1) is 0 Å². The molecule has 0 saturated carbocycles. The number of nitrogens with one attached hydrogen (secondary N) is 1. The number of hydrogen-bond donors (Lipinski definition) is 1. The van der Waals surface area contributed by atoms with Gasteiger partial charge in [-0.1, -0.05) is 29.8 Å². The Morgan fingerprint density at radius 2 is 1.76 bits per heavy atom. The first-order valence-electron chi connectivity index (χ1n) is 10.1. The molecule has 9 heteroatoms. The van der Waals surface area contributed by atoms with Crippen LogP contribution in [-0.2, 0) is 10.0 Å². The van der Waals surface area contributed by atoms with Crippen LogP contribution in [0.25, 0.3) is 10.1 Å². The van der Waals surface area contributed by atoms with E-state index in [2.05, 4.69) is 5.32 Å². The average Bonchev–Trinajstić information content (AvgIpc) is 3.16. The van der Waals surface area contributed by atoms with Gasteiger partial charge in [0.1, 0.15) is 10.6 Å². The molecule has 3 aromatic carbocycles. The predicted molar refractivity (Wildman–Crippen MR) is 134 cm³/mol. The number of thiophene rings is 1. The predicted octanol–water partition coefficient (Wildman–Crippen LogP) is 6.03. The molecule has 1 amide bonds. The van der Waals surface area contributed by atoms with Crippen LogP contribution in [0.3, 0.4) is 0 Å². The van der Waals surface area contributed by atoms with E-state index in [0.29, 0.717) is 33.6 Å². The standard InChI is InChI=1S/C24H21ClN2O4S2/c1-3-27(17-7-5-4-6-8-17)33(29,30)19-12-9-16(10-13-19)26-24(28)23-22(25)20-14-11-18(31-2)15-21(20)32-23/h4-15H,3H2,1-2H3,(H,26,28). The molecule has 6 nitrogen and oxygen atoms in total. The summed E-state index contributed by atoms with van der Waals surface area (Å²) < 4.78 is 33.7. The number of para-hydroxylation sites is 1. The summed E-state index contributed by atoms with van der Waals surface area (Å²) in [5, 5.41) is 3.93. The molecule has 0 radical (unpaired) electrons. The molecule has 1 N–H and O–H groups in total. The van der Waals surface area contributed by atoms with Crippen LogP contribution in [-0.4, -0.2) is 28.0 Å². The number of sulfonamides is 1. The van der Waals surface area contributed by atoms with Gasteiger partial charge < -0.3 is 10.1 Å². The van der Waals surface area contributed by atoms with Crippen molar-refractivity contribution in [2.24, 2.45) is 0 Å². The first kappa shape index (κ1) is 23.1. The Morgan fingerprint density at radius 3 is 2.39 bits per heavy atom. The molecule has 170 valence electrons. The quantitative estimate of drug-likeness (QED) is 0.336. The summed E-state index contributed by atoms with van der Waals surface area (Å²) in [6, 6.07) is 20.4. The van der Waals surface area contributed by atoms with Crippen molar-refractivity contribution in [3.05, 3.63) is 82.7 Å². The lowest BCUT2D eigenvalue weighted by atomic mass is 10.2. The number of methoxy groups -OCH3 is 1. The van der Waals surface area contributed by atoms with Crippen LogP contribution < -0.4 is 14.4 Å². The van der Waals surface area contributed by atoms with Gasteiger partial charge in [0.15, 0.2) is 0 Å². The lowest BCUT2D eigenvalue weighted by Gasteiger charge is -2.23. The lowest BCUT2D eigenvalue weighted by molar-refractivity contribution is 0.103. The Morgan fingerprint density at radius 1 is 1.06 bits per heavy atom. The lowest BCUT2D eigenvalue weighted by Crippen LogP contribution is -2.30. The number of hydrogen-bond acceptors (Lipinski definition) is 5. The van der Waals surface area contributed by atoms with Gasteiger partial charge in [-0.05, 0) is 61.5 Å². The number of halogens is 1. The summed E-state index contributed by atoms with van der Waals surface area (Å²) >= 11 is 7.70. The van der Waals surface area contributed by atoms with E-state index in [1.165, 1.54) is 27.8 Å². The van der Waals surface area contributed by atoms with E-state index >= 15 is 0 Å². The molecule has 0 saturated heterocycles. The number of nitrogens with zero attached hydrogens (tertiary/aromatic N) is 1. The molecule has 0 atom stereocenters. The zero-order chi connectivity index (χ0) is 23.6. The minimum absolute atomic E-state index is 0.137. The van der Waals surface area contributed by atoms with Crippen LogP contribution in [0.4, 0.5) is 11.4 Å². The van der Waals surface area contributed by atoms with Crippen LogP contribution in [0.2, 0.25) is 5.02 Å². The van der Waals surface area contributed by atoms with Crippen molar-refractivity contribution < 1.29 is 17.9 Å². The Bertz CT molecular complexity index is 1400. The van der Waals surface area contributed by atoms with Crippen LogP contribution in [0.15, 0.2) is 77.7 Å². The van der Waals surface area contributed by atoms with Crippen molar-refractivity contribution >= 4 is 60.3 Å². The second-order valence-electron chi connectivity index (χ2n) is 7.09. The maximum atomic E-state index is 13.1. The first-order chi connectivity index (χ1) is 15.8. The Hall–Kier alpha value is -3.07. The fourth-order valence-corrected chi connectivity index (χ4v) is 6.34. The third-order valence-electron chi connectivity index (χ3n) is 5.07. The molecule has 0 fully saturated rings. The number of fused-ring (bicyclic) bond motifs is 1. The highest BCUT2D eigenvalue weighted by Gasteiger charge is 2.24. The molecule has 0 aliphatic carbocycles. The van der Waals surface area contributed by atoms with Crippen LogP contribution >= 0.6 is 22.9 Å².